The van der Waals surface area contributed by atoms with Gasteiger partial charge in [0.1, 0.15) is 11.5 Å². The molecular formula is C17H18O3S. The van der Waals surface area contributed by atoms with Gasteiger partial charge in [-0.1, -0.05) is 17.7 Å². The van der Waals surface area contributed by atoms with E-state index in [0.717, 1.165) is 16.9 Å². The lowest BCUT2D eigenvalue weighted by atomic mass is 10.1. The Bertz CT molecular complexity index is 620. The van der Waals surface area contributed by atoms with E-state index in [1.54, 1.807) is 11.8 Å². The Labute approximate surface area is 129 Å². The fourth-order valence-electron chi connectivity index (χ4n) is 1.94. The second-order valence-corrected chi connectivity index (χ2v) is 5.52. The van der Waals surface area contributed by atoms with Gasteiger partial charge >= 0.3 is 5.97 Å². The quantitative estimate of drug-likeness (QED) is 0.612. The summed E-state index contributed by atoms with van der Waals surface area (Å²) in [5, 5.41) is 0. The number of rotatable bonds is 5. The third kappa shape index (κ3) is 4.26. The Hall–Kier alpha value is -1.94. The molecule has 0 aromatic heterocycles. The highest BCUT2D eigenvalue weighted by Crippen LogP contribution is 2.28. The van der Waals surface area contributed by atoms with Crippen molar-refractivity contribution >= 4 is 17.7 Å². The molecule has 2 rings (SSSR count). The number of ether oxygens (including phenoxy) is 2. The minimum absolute atomic E-state index is 0.205. The zero-order valence-corrected chi connectivity index (χ0v) is 13.2. The van der Waals surface area contributed by atoms with Gasteiger partial charge in [0.25, 0.3) is 0 Å². The number of carbonyl (C=O) groups excluding carboxylic acids is 1. The first-order valence-corrected chi connectivity index (χ1v) is 7.83. The molecule has 0 N–H and O–H groups in total. The smallest absolute Gasteiger partial charge is 0.310 e. The van der Waals surface area contributed by atoms with Crippen LogP contribution in [0.5, 0.6) is 11.5 Å². The second kappa shape index (κ2) is 7.18. The van der Waals surface area contributed by atoms with Crippen LogP contribution in [-0.2, 0) is 16.0 Å². The van der Waals surface area contributed by atoms with Crippen LogP contribution in [0.3, 0.4) is 0 Å². The van der Waals surface area contributed by atoms with Crippen LogP contribution in [0.4, 0.5) is 0 Å². The van der Waals surface area contributed by atoms with Crippen LogP contribution in [0.25, 0.3) is 0 Å². The number of benzene rings is 2. The number of aryl methyl sites for hydroxylation is 1. The number of hydrogen-bond acceptors (Lipinski definition) is 4. The molecule has 110 valence electrons. The highest BCUT2D eigenvalue weighted by Gasteiger charge is 2.10. The first-order chi connectivity index (χ1) is 10.1. The van der Waals surface area contributed by atoms with E-state index in [2.05, 4.69) is 0 Å². The lowest BCUT2D eigenvalue weighted by molar-refractivity contribution is -0.139. The molecule has 0 bridgehead atoms. The maximum Gasteiger partial charge on any atom is 0.310 e. The van der Waals surface area contributed by atoms with Crippen molar-refractivity contribution in [1.29, 1.82) is 0 Å². The largest absolute Gasteiger partial charge is 0.469 e. The number of hydrogen-bond donors (Lipinski definition) is 0. The summed E-state index contributed by atoms with van der Waals surface area (Å²) in [5.41, 5.74) is 1.91. The first kappa shape index (κ1) is 15.4. The maximum absolute atomic E-state index is 11.5. The Balaban J connectivity index is 2.23. The van der Waals surface area contributed by atoms with Gasteiger partial charge in [0.05, 0.1) is 13.5 Å². The van der Waals surface area contributed by atoms with Crippen molar-refractivity contribution in [3.63, 3.8) is 0 Å². The second-order valence-electron chi connectivity index (χ2n) is 4.64. The molecule has 0 unspecified atom stereocenters. The van der Waals surface area contributed by atoms with Crippen LogP contribution in [-0.4, -0.2) is 19.3 Å². The number of methoxy groups -OCH3 is 1. The fraction of sp³-hybridized carbons (Fsp3) is 0.235. The van der Waals surface area contributed by atoms with Crippen molar-refractivity contribution in [2.24, 2.45) is 0 Å². The van der Waals surface area contributed by atoms with E-state index in [0.29, 0.717) is 5.75 Å². The van der Waals surface area contributed by atoms with Crippen molar-refractivity contribution in [1.82, 2.24) is 0 Å². The van der Waals surface area contributed by atoms with Gasteiger partial charge in [0, 0.05) is 10.5 Å². The molecule has 0 heterocycles. The van der Waals surface area contributed by atoms with E-state index in [1.807, 2.05) is 55.6 Å². The zero-order valence-electron chi connectivity index (χ0n) is 12.4. The van der Waals surface area contributed by atoms with E-state index in [4.69, 9.17) is 9.47 Å². The number of esters is 1. The van der Waals surface area contributed by atoms with Crippen LogP contribution < -0.4 is 4.74 Å². The molecule has 0 aliphatic rings. The molecule has 0 saturated heterocycles. The van der Waals surface area contributed by atoms with Gasteiger partial charge in [0.2, 0.25) is 0 Å². The lowest BCUT2D eigenvalue weighted by Gasteiger charge is -2.12. The monoisotopic (exact) mass is 302 g/mol. The van der Waals surface area contributed by atoms with E-state index in [1.165, 1.54) is 12.0 Å². The minimum atomic E-state index is -0.275. The summed E-state index contributed by atoms with van der Waals surface area (Å²) in [6.07, 6.45) is 2.24. The molecule has 0 amide bonds. The summed E-state index contributed by atoms with van der Waals surface area (Å²) in [4.78, 5) is 12.7. The zero-order chi connectivity index (χ0) is 15.2. The fourth-order valence-corrected chi connectivity index (χ4v) is 2.35. The predicted molar refractivity (Wildman–Crippen MR) is 85.2 cm³/mol. The summed E-state index contributed by atoms with van der Waals surface area (Å²) in [5.74, 6) is 1.16. The Morgan fingerprint density at radius 1 is 1.14 bits per heavy atom. The topological polar surface area (TPSA) is 35.5 Å². The van der Waals surface area contributed by atoms with E-state index in [9.17, 15) is 4.79 Å². The summed E-state index contributed by atoms with van der Waals surface area (Å²) in [6, 6.07) is 13.7. The van der Waals surface area contributed by atoms with Gasteiger partial charge < -0.3 is 9.47 Å². The van der Waals surface area contributed by atoms with Crippen LogP contribution >= 0.6 is 11.8 Å². The lowest BCUT2D eigenvalue weighted by Crippen LogP contribution is -2.06. The van der Waals surface area contributed by atoms with Crippen LogP contribution in [0.15, 0.2) is 47.4 Å². The van der Waals surface area contributed by atoms with Crippen LogP contribution in [0.1, 0.15) is 11.1 Å². The third-order valence-electron chi connectivity index (χ3n) is 3.07. The average Bonchev–Trinajstić information content (AvgIpc) is 2.50. The molecule has 0 aliphatic heterocycles. The third-order valence-corrected chi connectivity index (χ3v) is 3.81. The molecule has 0 fully saturated rings. The summed E-state index contributed by atoms with van der Waals surface area (Å²) < 4.78 is 10.6. The van der Waals surface area contributed by atoms with Gasteiger partial charge in [-0.25, -0.2) is 0 Å². The van der Waals surface area contributed by atoms with Crippen molar-refractivity contribution in [3.8, 4) is 11.5 Å². The highest BCUT2D eigenvalue weighted by molar-refractivity contribution is 7.98. The molecule has 0 radical (unpaired) electrons. The van der Waals surface area contributed by atoms with Crippen LogP contribution in [0.2, 0.25) is 0 Å². The molecule has 3 nitrogen and oxygen atoms in total. The van der Waals surface area contributed by atoms with Gasteiger partial charge in [-0.05, 0) is 43.5 Å². The van der Waals surface area contributed by atoms with E-state index in [-0.39, 0.29) is 12.4 Å². The number of carbonyl (C=O) groups is 1. The van der Waals surface area contributed by atoms with Crippen molar-refractivity contribution in [3.05, 3.63) is 53.6 Å². The molecule has 21 heavy (non-hydrogen) atoms. The molecule has 2 aromatic carbocycles. The van der Waals surface area contributed by atoms with Crippen molar-refractivity contribution < 1.29 is 14.3 Å². The minimum Gasteiger partial charge on any atom is -0.469 e. The van der Waals surface area contributed by atoms with Gasteiger partial charge in [0.15, 0.2) is 0 Å². The maximum atomic E-state index is 11.5. The normalized spacial score (nSPS) is 10.2. The Morgan fingerprint density at radius 2 is 1.86 bits per heavy atom. The van der Waals surface area contributed by atoms with Crippen LogP contribution in [0, 0.1) is 6.92 Å². The molecule has 0 atom stereocenters. The van der Waals surface area contributed by atoms with Gasteiger partial charge in [-0.2, -0.15) is 0 Å². The standard InChI is InChI=1S/C17H18O3S/c1-12-4-9-16(13(10-12)11-17(18)19-2)20-14-5-7-15(21-3)8-6-14/h4-10H,11H2,1-3H3. The summed E-state index contributed by atoms with van der Waals surface area (Å²) in [6.45, 7) is 1.98. The Kier molecular flexibility index (Phi) is 5.28. The average molecular weight is 302 g/mol. The molecule has 4 heteroatoms. The highest BCUT2D eigenvalue weighted by atomic mass is 32.2. The molecular weight excluding hydrogens is 284 g/mol. The summed E-state index contributed by atoms with van der Waals surface area (Å²) in [7, 11) is 1.39. The van der Waals surface area contributed by atoms with Gasteiger partial charge in [-0.15, -0.1) is 11.8 Å². The van der Waals surface area contributed by atoms with Crippen molar-refractivity contribution in [2.75, 3.05) is 13.4 Å². The van der Waals surface area contributed by atoms with Gasteiger partial charge in [-0.3, -0.25) is 4.79 Å². The first-order valence-electron chi connectivity index (χ1n) is 6.60. The predicted octanol–water partition coefficient (Wildman–Crippen LogP) is 4.22. The molecule has 0 saturated carbocycles. The molecule has 2 aromatic rings. The number of thioether (sulfide) groups is 1. The summed E-state index contributed by atoms with van der Waals surface area (Å²) >= 11 is 1.68. The Morgan fingerprint density at radius 3 is 2.48 bits per heavy atom. The SMILES string of the molecule is COC(=O)Cc1cc(C)ccc1Oc1ccc(SC)cc1. The molecule has 0 spiro atoms. The molecule has 0 aliphatic carbocycles. The van der Waals surface area contributed by atoms with Crippen molar-refractivity contribution in [2.45, 2.75) is 18.2 Å². The van der Waals surface area contributed by atoms with E-state index >= 15 is 0 Å². The van der Waals surface area contributed by atoms with E-state index < -0.39 is 0 Å².